The number of nitrogens with one attached hydrogen (secondary N) is 1. The molecule has 0 radical (unpaired) electrons. The van der Waals surface area contributed by atoms with Crippen molar-refractivity contribution in [1.82, 2.24) is 0 Å². The lowest BCUT2D eigenvalue weighted by molar-refractivity contribution is -0.664. The predicted molar refractivity (Wildman–Crippen MR) is 90.1 cm³/mol. The Hall–Kier alpha value is -2.13. The number of nitrogens with zero attached hydrogens (tertiary/aromatic N) is 1. The normalized spacial score (nSPS) is 10.6. The van der Waals surface area contributed by atoms with Crippen LogP contribution in [0, 0.1) is 6.92 Å². The summed E-state index contributed by atoms with van der Waals surface area (Å²) < 4.78 is 2.33. The molecule has 0 spiro atoms. The van der Waals surface area contributed by atoms with E-state index in [4.69, 9.17) is 0 Å². The van der Waals surface area contributed by atoms with Gasteiger partial charge in [-0.2, -0.15) is 0 Å². The monoisotopic (exact) mass is 295 g/mol. The largest absolute Gasteiger partial charge is 0.339 e. The van der Waals surface area contributed by atoms with Crippen LogP contribution >= 0.6 is 11.3 Å². The van der Waals surface area contributed by atoms with Gasteiger partial charge in [0.15, 0.2) is 0 Å². The van der Waals surface area contributed by atoms with E-state index in [1.807, 2.05) is 0 Å². The quantitative estimate of drug-likeness (QED) is 0.685. The van der Waals surface area contributed by atoms with Crippen LogP contribution in [0.5, 0.6) is 0 Å². The Balaban J connectivity index is 1.98. The Labute approximate surface area is 129 Å². The standard InChI is InChI=1S/C18H18N2S/c1-3-20-17(15-10-5-4-6-11-15)13-21-18(20)19-16-12-8-7-9-14(16)2/h4-13H,3H2,1-2H3/p+1. The van der Waals surface area contributed by atoms with Crippen molar-refractivity contribution in [2.75, 3.05) is 5.32 Å². The van der Waals surface area contributed by atoms with Crippen LogP contribution in [0.3, 0.4) is 0 Å². The molecule has 0 unspecified atom stereocenters. The summed E-state index contributed by atoms with van der Waals surface area (Å²) >= 11 is 1.75. The molecule has 3 heteroatoms. The fourth-order valence-electron chi connectivity index (χ4n) is 2.42. The maximum absolute atomic E-state index is 3.56. The summed E-state index contributed by atoms with van der Waals surface area (Å²) in [4.78, 5) is 0. The molecular formula is C18H19N2S+. The van der Waals surface area contributed by atoms with Gasteiger partial charge >= 0.3 is 5.13 Å². The Morgan fingerprint density at radius 3 is 2.43 bits per heavy atom. The first kappa shape index (κ1) is 13.8. The SMILES string of the molecule is CC[n+]1c(-c2ccccc2)csc1Nc1ccccc1C. The summed E-state index contributed by atoms with van der Waals surface area (Å²) in [7, 11) is 0. The topological polar surface area (TPSA) is 15.9 Å². The van der Waals surface area contributed by atoms with Gasteiger partial charge in [-0.3, -0.25) is 0 Å². The summed E-state index contributed by atoms with van der Waals surface area (Å²) in [5.74, 6) is 0. The van der Waals surface area contributed by atoms with E-state index < -0.39 is 0 Å². The Morgan fingerprint density at radius 2 is 1.71 bits per heavy atom. The minimum atomic E-state index is 0.946. The third kappa shape index (κ3) is 2.83. The van der Waals surface area contributed by atoms with E-state index in [0.29, 0.717) is 0 Å². The van der Waals surface area contributed by atoms with Gasteiger partial charge in [0, 0.05) is 10.9 Å². The summed E-state index contributed by atoms with van der Waals surface area (Å²) in [6, 6.07) is 18.9. The molecule has 2 aromatic carbocycles. The molecule has 0 bridgehead atoms. The molecular weight excluding hydrogens is 276 g/mol. The molecule has 0 saturated carbocycles. The molecule has 0 aliphatic heterocycles. The Kier molecular flexibility index (Phi) is 4.02. The van der Waals surface area contributed by atoms with Gasteiger partial charge in [0.25, 0.3) is 0 Å². The van der Waals surface area contributed by atoms with Crippen molar-refractivity contribution >= 4 is 22.2 Å². The Morgan fingerprint density at radius 1 is 1.00 bits per heavy atom. The molecule has 21 heavy (non-hydrogen) atoms. The highest BCUT2D eigenvalue weighted by Gasteiger charge is 2.18. The van der Waals surface area contributed by atoms with Gasteiger partial charge in [0.1, 0.15) is 11.4 Å². The summed E-state index contributed by atoms with van der Waals surface area (Å²) in [6.45, 7) is 5.26. The van der Waals surface area contributed by atoms with Gasteiger partial charge in [-0.1, -0.05) is 59.9 Å². The van der Waals surface area contributed by atoms with E-state index >= 15 is 0 Å². The number of hydrogen-bond donors (Lipinski definition) is 1. The van der Waals surface area contributed by atoms with Gasteiger partial charge in [0.2, 0.25) is 0 Å². The molecule has 0 aliphatic carbocycles. The zero-order valence-electron chi connectivity index (χ0n) is 12.3. The number of benzene rings is 2. The minimum absolute atomic E-state index is 0.946. The lowest BCUT2D eigenvalue weighted by atomic mass is 10.2. The highest BCUT2D eigenvalue weighted by molar-refractivity contribution is 7.13. The third-order valence-corrected chi connectivity index (χ3v) is 4.48. The van der Waals surface area contributed by atoms with Gasteiger partial charge in [0.05, 0.1) is 6.54 Å². The fraction of sp³-hybridized carbons (Fsp3) is 0.167. The van der Waals surface area contributed by atoms with Crippen molar-refractivity contribution in [2.45, 2.75) is 20.4 Å². The van der Waals surface area contributed by atoms with Gasteiger partial charge in [-0.25, -0.2) is 9.88 Å². The van der Waals surface area contributed by atoms with Crippen LogP contribution < -0.4 is 9.88 Å². The molecule has 0 atom stereocenters. The molecule has 1 N–H and O–H groups in total. The number of hydrogen-bond acceptors (Lipinski definition) is 2. The molecule has 106 valence electrons. The number of rotatable bonds is 4. The first-order chi connectivity index (χ1) is 10.3. The van der Waals surface area contributed by atoms with E-state index in [1.165, 1.54) is 27.6 Å². The second-order valence-corrected chi connectivity index (χ2v) is 5.83. The fourth-order valence-corrected chi connectivity index (χ4v) is 3.43. The van der Waals surface area contributed by atoms with Crippen molar-refractivity contribution in [3.63, 3.8) is 0 Å². The van der Waals surface area contributed by atoms with Crippen LogP contribution in [0.4, 0.5) is 10.8 Å². The van der Waals surface area contributed by atoms with Crippen LogP contribution in [-0.2, 0) is 6.54 Å². The average molecular weight is 295 g/mol. The van der Waals surface area contributed by atoms with Crippen LogP contribution in [0.2, 0.25) is 0 Å². The molecule has 2 nitrogen and oxygen atoms in total. The van der Waals surface area contributed by atoms with Crippen LogP contribution in [0.25, 0.3) is 11.3 Å². The summed E-state index contributed by atoms with van der Waals surface area (Å²) in [5.41, 5.74) is 4.95. The molecule has 0 saturated heterocycles. The lowest BCUT2D eigenvalue weighted by Gasteiger charge is -2.05. The zero-order chi connectivity index (χ0) is 14.7. The highest BCUT2D eigenvalue weighted by Crippen LogP contribution is 2.26. The number of aromatic nitrogens is 1. The predicted octanol–water partition coefficient (Wildman–Crippen LogP) is 4.77. The molecule has 1 heterocycles. The third-order valence-electron chi connectivity index (χ3n) is 3.59. The number of thiazole rings is 1. The van der Waals surface area contributed by atoms with Crippen molar-refractivity contribution in [3.05, 3.63) is 65.5 Å². The number of anilines is 2. The molecule has 0 fully saturated rings. The summed E-state index contributed by atoms with van der Waals surface area (Å²) in [6.07, 6.45) is 0. The second-order valence-electron chi connectivity index (χ2n) is 4.98. The number of para-hydroxylation sites is 1. The summed E-state index contributed by atoms with van der Waals surface area (Å²) in [5, 5.41) is 6.96. The van der Waals surface area contributed by atoms with Crippen LogP contribution in [0.15, 0.2) is 60.0 Å². The van der Waals surface area contributed by atoms with Crippen LogP contribution in [0.1, 0.15) is 12.5 Å². The minimum Gasteiger partial charge on any atom is -0.231 e. The van der Waals surface area contributed by atoms with E-state index in [9.17, 15) is 0 Å². The van der Waals surface area contributed by atoms with Gasteiger partial charge in [-0.05, 0) is 25.5 Å². The maximum Gasteiger partial charge on any atom is 0.339 e. The van der Waals surface area contributed by atoms with Crippen molar-refractivity contribution in [2.24, 2.45) is 0 Å². The molecule has 3 aromatic rings. The lowest BCUT2D eigenvalue weighted by Crippen LogP contribution is -2.35. The molecule has 1 aromatic heterocycles. The van der Waals surface area contributed by atoms with Crippen molar-refractivity contribution in [3.8, 4) is 11.3 Å². The van der Waals surface area contributed by atoms with Gasteiger partial charge in [-0.15, -0.1) is 0 Å². The van der Waals surface area contributed by atoms with Crippen molar-refractivity contribution in [1.29, 1.82) is 0 Å². The zero-order valence-corrected chi connectivity index (χ0v) is 13.2. The average Bonchev–Trinajstić information content (AvgIpc) is 2.93. The first-order valence-corrected chi connectivity index (χ1v) is 8.07. The maximum atomic E-state index is 3.56. The highest BCUT2D eigenvalue weighted by atomic mass is 32.1. The van der Waals surface area contributed by atoms with E-state index in [0.717, 1.165) is 6.54 Å². The van der Waals surface area contributed by atoms with E-state index in [1.54, 1.807) is 11.3 Å². The first-order valence-electron chi connectivity index (χ1n) is 7.19. The van der Waals surface area contributed by atoms with E-state index in [2.05, 4.69) is 83.7 Å². The molecule has 0 aliphatic rings. The number of aryl methyl sites for hydroxylation is 1. The van der Waals surface area contributed by atoms with Crippen molar-refractivity contribution < 1.29 is 4.57 Å². The van der Waals surface area contributed by atoms with Gasteiger partial charge < -0.3 is 0 Å². The molecule has 3 rings (SSSR count). The van der Waals surface area contributed by atoms with E-state index in [-0.39, 0.29) is 0 Å². The van der Waals surface area contributed by atoms with Crippen LogP contribution in [-0.4, -0.2) is 0 Å². The second kappa shape index (κ2) is 6.10. The Bertz CT molecular complexity index is 732. The smallest absolute Gasteiger partial charge is 0.231 e. The molecule has 0 amide bonds.